The van der Waals surface area contributed by atoms with Crippen molar-refractivity contribution >= 4 is 40.5 Å². The van der Waals surface area contributed by atoms with Gasteiger partial charge in [-0.25, -0.2) is 0 Å². The molecule has 0 bridgehead atoms. The van der Waals surface area contributed by atoms with Gasteiger partial charge in [0, 0.05) is 20.8 Å². The van der Waals surface area contributed by atoms with E-state index in [1.807, 2.05) is 25.1 Å². The molecule has 1 N–H and O–H groups in total. The Morgan fingerprint density at radius 2 is 1.79 bits per heavy atom. The molecule has 1 unspecified atom stereocenters. The number of benzene rings is 2. The summed E-state index contributed by atoms with van der Waals surface area (Å²) in [5, 5.41) is 5.72. The SMILES string of the molecule is Cc1c(Cl)ccc2c1NC(c1cc(Cl)ccc1Cl)C2. The van der Waals surface area contributed by atoms with E-state index in [4.69, 9.17) is 34.8 Å². The van der Waals surface area contributed by atoms with Gasteiger partial charge < -0.3 is 5.32 Å². The van der Waals surface area contributed by atoms with Gasteiger partial charge in [0.25, 0.3) is 0 Å². The van der Waals surface area contributed by atoms with Crippen LogP contribution in [0.15, 0.2) is 30.3 Å². The quantitative estimate of drug-likeness (QED) is 0.716. The highest BCUT2D eigenvalue weighted by molar-refractivity contribution is 6.33. The Hall–Kier alpha value is -0.890. The maximum atomic E-state index is 6.27. The molecular weight excluding hydrogens is 301 g/mol. The number of nitrogens with one attached hydrogen (secondary N) is 1. The Balaban J connectivity index is 2.00. The largest absolute Gasteiger partial charge is 0.377 e. The normalized spacial score (nSPS) is 17.2. The molecule has 98 valence electrons. The van der Waals surface area contributed by atoms with Crippen LogP contribution in [-0.4, -0.2) is 0 Å². The first-order valence-electron chi connectivity index (χ1n) is 6.05. The summed E-state index contributed by atoms with van der Waals surface area (Å²) in [6.07, 6.45) is 0.896. The molecule has 0 aromatic heterocycles. The summed E-state index contributed by atoms with van der Waals surface area (Å²) in [4.78, 5) is 0. The van der Waals surface area contributed by atoms with Gasteiger partial charge >= 0.3 is 0 Å². The van der Waals surface area contributed by atoms with Gasteiger partial charge in [0.1, 0.15) is 0 Å². The number of halogens is 3. The molecule has 19 heavy (non-hydrogen) atoms. The summed E-state index contributed by atoms with van der Waals surface area (Å²) >= 11 is 18.5. The van der Waals surface area contributed by atoms with Crippen LogP contribution in [0.3, 0.4) is 0 Å². The van der Waals surface area contributed by atoms with Crippen molar-refractivity contribution in [3.05, 3.63) is 62.1 Å². The Labute approximate surface area is 127 Å². The summed E-state index contributed by atoms with van der Waals surface area (Å²) in [7, 11) is 0. The minimum Gasteiger partial charge on any atom is -0.377 e. The minimum absolute atomic E-state index is 0.151. The third-order valence-corrected chi connectivity index (χ3v) is 4.55. The van der Waals surface area contributed by atoms with Gasteiger partial charge in [-0.3, -0.25) is 0 Å². The lowest BCUT2D eigenvalue weighted by atomic mass is 10.0. The van der Waals surface area contributed by atoms with Crippen LogP contribution < -0.4 is 5.32 Å². The van der Waals surface area contributed by atoms with Crippen molar-refractivity contribution in [2.75, 3.05) is 5.32 Å². The number of hydrogen-bond acceptors (Lipinski definition) is 1. The highest BCUT2D eigenvalue weighted by Crippen LogP contribution is 2.41. The van der Waals surface area contributed by atoms with Gasteiger partial charge in [0.15, 0.2) is 0 Å². The second kappa shape index (κ2) is 4.90. The van der Waals surface area contributed by atoms with E-state index in [2.05, 4.69) is 11.4 Å². The molecule has 1 aliphatic heterocycles. The van der Waals surface area contributed by atoms with Crippen molar-refractivity contribution in [2.45, 2.75) is 19.4 Å². The summed E-state index contributed by atoms with van der Waals surface area (Å²) < 4.78 is 0. The zero-order valence-corrected chi connectivity index (χ0v) is 12.6. The van der Waals surface area contributed by atoms with Gasteiger partial charge in [-0.05, 0) is 54.3 Å². The zero-order valence-electron chi connectivity index (χ0n) is 10.3. The van der Waals surface area contributed by atoms with E-state index in [9.17, 15) is 0 Å². The van der Waals surface area contributed by atoms with Gasteiger partial charge in [-0.2, -0.15) is 0 Å². The summed E-state index contributed by atoms with van der Waals surface area (Å²) in [5.74, 6) is 0. The minimum atomic E-state index is 0.151. The van der Waals surface area contributed by atoms with Crippen molar-refractivity contribution in [1.82, 2.24) is 0 Å². The summed E-state index contributed by atoms with van der Waals surface area (Å²) in [5.41, 5.74) is 4.50. The van der Waals surface area contributed by atoms with E-state index < -0.39 is 0 Å². The topological polar surface area (TPSA) is 12.0 Å². The third-order valence-electron chi connectivity index (χ3n) is 3.56. The van der Waals surface area contributed by atoms with E-state index in [1.165, 1.54) is 5.56 Å². The average Bonchev–Trinajstić information content (AvgIpc) is 2.81. The lowest BCUT2D eigenvalue weighted by Crippen LogP contribution is -2.06. The monoisotopic (exact) mass is 311 g/mol. The van der Waals surface area contributed by atoms with E-state index in [0.717, 1.165) is 33.3 Å². The van der Waals surface area contributed by atoms with Gasteiger partial charge in [-0.15, -0.1) is 0 Å². The van der Waals surface area contributed by atoms with Crippen LogP contribution in [0.25, 0.3) is 0 Å². The van der Waals surface area contributed by atoms with E-state index in [1.54, 1.807) is 6.07 Å². The molecule has 3 rings (SSSR count). The molecule has 0 aliphatic carbocycles. The molecule has 1 nitrogen and oxygen atoms in total. The van der Waals surface area contributed by atoms with Gasteiger partial charge in [0.2, 0.25) is 0 Å². The molecule has 0 saturated heterocycles. The molecular formula is C15H12Cl3N. The van der Waals surface area contributed by atoms with Crippen molar-refractivity contribution in [3.8, 4) is 0 Å². The standard InChI is InChI=1S/C15H12Cl3N/c1-8-12(17)4-2-9-6-14(19-15(8)9)11-7-10(16)3-5-13(11)18/h2-5,7,14,19H,6H2,1H3. The molecule has 4 heteroatoms. The Kier molecular flexibility index (Phi) is 3.38. The number of anilines is 1. The lowest BCUT2D eigenvalue weighted by molar-refractivity contribution is 0.824. The van der Waals surface area contributed by atoms with Crippen LogP contribution in [0, 0.1) is 6.92 Å². The first-order chi connectivity index (χ1) is 9.06. The fourth-order valence-corrected chi connectivity index (χ4v) is 3.12. The summed E-state index contributed by atoms with van der Waals surface area (Å²) in [6, 6.07) is 9.72. The lowest BCUT2D eigenvalue weighted by Gasteiger charge is -2.14. The Morgan fingerprint density at radius 1 is 1.05 bits per heavy atom. The third kappa shape index (κ3) is 2.31. The molecule has 0 saturated carbocycles. The van der Waals surface area contributed by atoms with Crippen LogP contribution >= 0.6 is 34.8 Å². The van der Waals surface area contributed by atoms with Gasteiger partial charge in [0.05, 0.1) is 6.04 Å². The van der Waals surface area contributed by atoms with Crippen molar-refractivity contribution in [3.63, 3.8) is 0 Å². The van der Waals surface area contributed by atoms with Crippen molar-refractivity contribution < 1.29 is 0 Å². The highest BCUT2D eigenvalue weighted by Gasteiger charge is 2.25. The molecule has 0 radical (unpaired) electrons. The highest BCUT2D eigenvalue weighted by atomic mass is 35.5. The van der Waals surface area contributed by atoms with Crippen LogP contribution in [0.1, 0.15) is 22.7 Å². The average molecular weight is 313 g/mol. The maximum Gasteiger partial charge on any atom is 0.0570 e. The summed E-state index contributed by atoms with van der Waals surface area (Å²) in [6.45, 7) is 2.02. The first kappa shape index (κ1) is 13.1. The molecule has 2 aromatic rings. The fourth-order valence-electron chi connectivity index (χ4n) is 2.53. The van der Waals surface area contributed by atoms with Crippen LogP contribution in [0.5, 0.6) is 0 Å². The molecule has 1 atom stereocenters. The zero-order chi connectivity index (χ0) is 13.6. The predicted octanol–water partition coefficient (Wildman–Crippen LogP) is 5.66. The van der Waals surface area contributed by atoms with Crippen molar-refractivity contribution in [2.24, 2.45) is 0 Å². The fraction of sp³-hybridized carbons (Fsp3) is 0.200. The number of rotatable bonds is 1. The van der Waals surface area contributed by atoms with Crippen LogP contribution in [-0.2, 0) is 6.42 Å². The van der Waals surface area contributed by atoms with E-state index in [-0.39, 0.29) is 6.04 Å². The molecule has 1 aliphatic rings. The van der Waals surface area contributed by atoms with Gasteiger partial charge in [-0.1, -0.05) is 40.9 Å². The Bertz CT molecular complexity index is 652. The Morgan fingerprint density at radius 3 is 2.58 bits per heavy atom. The maximum absolute atomic E-state index is 6.27. The number of fused-ring (bicyclic) bond motifs is 1. The second-order valence-electron chi connectivity index (χ2n) is 4.77. The first-order valence-corrected chi connectivity index (χ1v) is 7.19. The second-order valence-corrected chi connectivity index (χ2v) is 6.02. The van der Waals surface area contributed by atoms with E-state index in [0.29, 0.717) is 5.02 Å². The van der Waals surface area contributed by atoms with Crippen LogP contribution in [0.4, 0.5) is 5.69 Å². The predicted molar refractivity (Wildman–Crippen MR) is 82.7 cm³/mol. The molecule has 0 spiro atoms. The smallest absolute Gasteiger partial charge is 0.0570 e. The molecule has 0 amide bonds. The number of hydrogen-bond donors (Lipinski definition) is 1. The van der Waals surface area contributed by atoms with E-state index >= 15 is 0 Å². The molecule has 2 aromatic carbocycles. The van der Waals surface area contributed by atoms with Crippen LogP contribution in [0.2, 0.25) is 15.1 Å². The molecule has 0 fully saturated rings. The van der Waals surface area contributed by atoms with Crippen molar-refractivity contribution in [1.29, 1.82) is 0 Å². The molecule has 1 heterocycles.